The third kappa shape index (κ3) is 5.12. The van der Waals surface area contributed by atoms with Gasteiger partial charge in [-0.3, -0.25) is 19.7 Å². The topological polar surface area (TPSA) is 105 Å². The van der Waals surface area contributed by atoms with Crippen molar-refractivity contribution in [3.8, 4) is 5.88 Å². The van der Waals surface area contributed by atoms with Gasteiger partial charge < -0.3 is 14.5 Å². The molecule has 3 fully saturated rings. The van der Waals surface area contributed by atoms with Crippen LogP contribution in [0.3, 0.4) is 0 Å². The first-order valence-electron chi connectivity index (χ1n) is 12.4. The Labute approximate surface area is 223 Å². The summed E-state index contributed by atoms with van der Waals surface area (Å²) >= 11 is 0.847. The molecule has 0 radical (unpaired) electrons. The molecule has 0 aliphatic carbocycles. The van der Waals surface area contributed by atoms with Crippen molar-refractivity contribution in [1.29, 1.82) is 0 Å². The minimum absolute atomic E-state index is 0.0647. The van der Waals surface area contributed by atoms with Crippen molar-refractivity contribution in [2.75, 3.05) is 31.1 Å². The number of nitrogens with zero attached hydrogens (tertiary/aromatic N) is 4. The molecule has 3 amide bonds. The predicted octanol–water partition coefficient (Wildman–Crippen LogP) is 3.59. The van der Waals surface area contributed by atoms with Crippen LogP contribution in [0.25, 0.3) is 6.08 Å². The number of likely N-dealkylation sites (tertiary alicyclic amines) is 1. The number of benzene rings is 2. The van der Waals surface area contributed by atoms with Crippen LogP contribution in [0.5, 0.6) is 5.88 Å². The maximum Gasteiger partial charge on any atom is 0.290 e. The standard InChI is InChI=1S/C28H25N5O4S/c34-25-23(38-28(36)31-25)11-22-12-24(37-17-18-7-3-1-4-8-18)30-27(29-22)33-15-20-13-32(14-21(20)16-33)26(35)19-9-5-2-6-10-19/h1-12,20-21H,13-17H2,(H,31,34,36)/b23-11+. The van der Waals surface area contributed by atoms with E-state index in [4.69, 9.17) is 9.72 Å². The number of imide groups is 1. The lowest BCUT2D eigenvalue weighted by molar-refractivity contribution is -0.115. The highest BCUT2D eigenvalue weighted by Gasteiger charge is 2.42. The average molecular weight is 528 g/mol. The second-order valence-electron chi connectivity index (χ2n) is 9.56. The number of ether oxygens (including phenoxy) is 1. The van der Waals surface area contributed by atoms with E-state index in [0.717, 1.165) is 30.4 Å². The number of fused-ring (bicyclic) bond motifs is 1. The number of carbonyl (C=O) groups excluding carboxylic acids is 3. The molecular weight excluding hydrogens is 502 g/mol. The van der Waals surface area contributed by atoms with Crippen molar-refractivity contribution >= 4 is 40.8 Å². The minimum atomic E-state index is -0.439. The molecule has 1 aromatic heterocycles. The van der Waals surface area contributed by atoms with Crippen molar-refractivity contribution in [2.24, 2.45) is 11.8 Å². The quantitative estimate of drug-likeness (QED) is 0.485. The summed E-state index contributed by atoms with van der Waals surface area (Å²) in [6.07, 6.45) is 1.59. The summed E-state index contributed by atoms with van der Waals surface area (Å²) in [5.41, 5.74) is 2.20. The van der Waals surface area contributed by atoms with Gasteiger partial charge in [-0.1, -0.05) is 48.5 Å². The molecule has 192 valence electrons. The molecule has 3 aromatic rings. The highest BCUT2D eigenvalue weighted by molar-refractivity contribution is 8.18. The average Bonchev–Trinajstić information content (AvgIpc) is 3.61. The highest BCUT2D eigenvalue weighted by atomic mass is 32.2. The number of carbonyl (C=O) groups is 3. The molecule has 6 rings (SSSR count). The number of amides is 3. The van der Waals surface area contributed by atoms with Gasteiger partial charge in [0.1, 0.15) is 6.61 Å². The molecule has 4 heterocycles. The van der Waals surface area contributed by atoms with E-state index in [-0.39, 0.29) is 10.8 Å². The second kappa shape index (κ2) is 10.3. The molecule has 3 saturated heterocycles. The SMILES string of the molecule is O=C1NC(=O)/C(=C\c2cc(OCc3ccccc3)nc(N3CC4CN(C(=O)c5ccccc5)CC4C3)n2)S1. The molecule has 9 nitrogen and oxygen atoms in total. The van der Waals surface area contributed by atoms with Crippen LogP contribution < -0.4 is 15.0 Å². The first-order valence-corrected chi connectivity index (χ1v) is 13.2. The van der Waals surface area contributed by atoms with Crippen molar-refractivity contribution in [2.45, 2.75) is 6.61 Å². The fourth-order valence-electron chi connectivity index (χ4n) is 5.09. The third-order valence-corrected chi connectivity index (χ3v) is 7.75. The van der Waals surface area contributed by atoms with Crippen LogP contribution in [-0.4, -0.2) is 58.1 Å². The molecule has 2 atom stereocenters. The van der Waals surface area contributed by atoms with E-state index in [1.807, 2.05) is 65.6 Å². The molecule has 0 saturated carbocycles. The number of hydrogen-bond donors (Lipinski definition) is 1. The van der Waals surface area contributed by atoms with E-state index in [1.54, 1.807) is 12.1 Å². The Hall–Kier alpha value is -4.18. The van der Waals surface area contributed by atoms with Crippen LogP contribution in [0.2, 0.25) is 0 Å². The van der Waals surface area contributed by atoms with E-state index in [1.165, 1.54) is 0 Å². The van der Waals surface area contributed by atoms with Gasteiger partial charge in [-0.05, 0) is 35.5 Å². The Morgan fingerprint density at radius 1 is 0.974 bits per heavy atom. The van der Waals surface area contributed by atoms with Crippen LogP contribution in [-0.2, 0) is 11.4 Å². The number of rotatable bonds is 6. The lowest BCUT2D eigenvalue weighted by Gasteiger charge is -2.22. The molecule has 0 spiro atoms. The van der Waals surface area contributed by atoms with E-state index >= 15 is 0 Å². The van der Waals surface area contributed by atoms with Crippen LogP contribution in [0, 0.1) is 11.8 Å². The molecule has 2 aromatic carbocycles. The van der Waals surface area contributed by atoms with Gasteiger partial charge in [-0.2, -0.15) is 4.98 Å². The Morgan fingerprint density at radius 2 is 1.66 bits per heavy atom. The molecule has 2 unspecified atom stereocenters. The van der Waals surface area contributed by atoms with E-state index < -0.39 is 11.1 Å². The first kappa shape index (κ1) is 24.2. The Kier molecular flexibility index (Phi) is 6.55. The van der Waals surface area contributed by atoms with Crippen LogP contribution in [0.4, 0.5) is 10.7 Å². The number of hydrogen-bond acceptors (Lipinski definition) is 8. The summed E-state index contributed by atoms with van der Waals surface area (Å²) < 4.78 is 6.00. The molecule has 3 aliphatic rings. The normalized spacial score (nSPS) is 21.6. The van der Waals surface area contributed by atoms with Crippen LogP contribution in [0.15, 0.2) is 71.6 Å². The Balaban J connectivity index is 1.21. The van der Waals surface area contributed by atoms with Crippen molar-refractivity contribution in [3.63, 3.8) is 0 Å². The smallest absolute Gasteiger partial charge is 0.290 e. The van der Waals surface area contributed by atoms with Crippen LogP contribution >= 0.6 is 11.8 Å². The second-order valence-corrected chi connectivity index (χ2v) is 10.6. The zero-order valence-corrected chi connectivity index (χ0v) is 21.3. The van der Waals surface area contributed by atoms with Gasteiger partial charge in [-0.15, -0.1) is 0 Å². The number of thioether (sulfide) groups is 1. The Bertz CT molecular complexity index is 1400. The Morgan fingerprint density at radius 3 is 2.32 bits per heavy atom. The number of aromatic nitrogens is 2. The summed E-state index contributed by atoms with van der Waals surface area (Å²) in [6, 6.07) is 20.8. The van der Waals surface area contributed by atoms with Crippen molar-refractivity contribution < 1.29 is 19.1 Å². The van der Waals surface area contributed by atoms with Gasteiger partial charge in [0.15, 0.2) is 0 Å². The van der Waals surface area contributed by atoms with Gasteiger partial charge in [0.2, 0.25) is 11.8 Å². The number of nitrogens with one attached hydrogen (secondary N) is 1. The summed E-state index contributed by atoms with van der Waals surface area (Å²) in [7, 11) is 0. The zero-order chi connectivity index (χ0) is 26.1. The summed E-state index contributed by atoms with van der Waals surface area (Å²) in [6.45, 7) is 3.15. The predicted molar refractivity (Wildman–Crippen MR) is 143 cm³/mol. The van der Waals surface area contributed by atoms with Gasteiger partial charge in [0.25, 0.3) is 17.1 Å². The molecule has 0 bridgehead atoms. The summed E-state index contributed by atoms with van der Waals surface area (Å²) in [5.74, 6) is 1.15. The molecule has 38 heavy (non-hydrogen) atoms. The molecule has 3 aliphatic heterocycles. The third-order valence-electron chi connectivity index (χ3n) is 6.94. The minimum Gasteiger partial charge on any atom is -0.473 e. The van der Waals surface area contributed by atoms with Gasteiger partial charge in [0.05, 0.1) is 10.6 Å². The lowest BCUT2D eigenvalue weighted by atomic mass is 10.0. The van der Waals surface area contributed by atoms with Gasteiger partial charge in [-0.25, -0.2) is 4.98 Å². The lowest BCUT2D eigenvalue weighted by Crippen LogP contribution is -2.33. The summed E-state index contributed by atoms with van der Waals surface area (Å²) in [4.78, 5) is 50.4. The van der Waals surface area contributed by atoms with Gasteiger partial charge >= 0.3 is 0 Å². The number of anilines is 1. The fraction of sp³-hybridized carbons (Fsp3) is 0.250. The largest absolute Gasteiger partial charge is 0.473 e. The van der Waals surface area contributed by atoms with E-state index in [2.05, 4.69) is 15.2 Å². The zero-order valence-electron chi connectivity index (χ0n) is 20.4. The summed E-state index contributed by atoms with van der Waals surface area (Å²) in [5, 5.41) is 1.86. The van der Waals surface area contributed by atoms with Gasteiger partial charge in [0, 0.05) is 49.6 Å². The van der Waals surface area contributed by atoms with Crippen LogP contribution in [0.1, 0.15) is 21.6 Å². The first-order chi connectivity index (χ1) is 18.5. The molecular formula is C28H25N5O4S. The highest BCUT2D eigenvalue weighted by Crippen LogP contribution is 2.34. The maximum atomic E-state index is 12.9. The molecule has 10 heteroatoms. The monoisotopic (exact) mass is 527 g/mol. The van der Waals surface area contributed by atoms with E-state index in [9.17, 15) is 14.4 Å². The van der Waals surface area contributed by atoms with E-state index in [0.29, 0.717) is 54.6 Å². The fourth-order valence-corrected chi connectivity index (χ4v) is 5.76. The molecule has 1 N–H and O–H groups in total. The maximum absolute atomic E-state index is 12.9. The van der Waals surface area contributed by atoms with Crippen molar-refractivity contribution in [3.05, 3.63) is 88.5 Å². The van der Waals surface area contributed by atoms with Crippen molar-refractivity contribution in [1.82, 2.24) is 20.2 Å².